The Morgan fingerprint density at radius 1 is 1.13 bits per heavy atom. The fraction of sp³-hybridized carbons (Fsp3) is 0.500. The van der Waals surface area contributed by atoms with Gasteiger partial charge >= 0.3 is 6.09 Å². The number of rotatable bonds is 7. The predicted octanol–water partition coefficient (Wildman–Crippen LogP) is 3.29. The van der Waals surface area contributed by atoms with Crippen LogP contribution in [0.2, 0.25) is 0 Å². The number of aliphatic imine (C=N–C) groups is 1. The van der Waals surface area contributed by atoms with Crippen molar-refractivity contribution in [3.8, 4) is 0 Å². The second-order valence-corrected chi connectivity index (χ2v) is 7.48. The molecule has 1 amide bonds. The van der Waals surface area contributed by atoms with Crippen molar-refractivity contribution in [3.05, 3.63) is 41.5 Å². The third-order valence-electron chi connectivity index (χ3n) is 3.73. The van der Waals surface area contributed by atoms with E-state index in [-0.39, 0.29) is 24.0 Å². The van der Waals surface area contributed by atoms with Crippen LogP contribution in [0.15, 0.2) is 33.8 Å². The van der Waals surface area contributed by atoms with E-state index in [1.54, 1.807) is 14.0 Å². The first kappa shape index (κ1) is 25.7. The number of ether oxygens (including phenoxy) is 1. The van der Waals surface area contributed by atoms with Crippen LogP contribution in [0, 0.1) is 6.92 Å². The molecule has 10 heteroatoms. The third kappa shape index (κ3) is 9.90. The van der Waals surface area contributed by atoms with Gasteiger partial charge in [0.25, 0.3) is 0 Å². The van der Waals surface area contributed by atoms with Crippen LogP contribution < -0.4 is 16.0 Å². The zero-order valence-electron chi connectivity index (χ0n) is 18.1. The molecule has 2 aromatic rings. The molecule has 0 spiro atoms. The molecule has 0 bridgehead atoms. The summed E-state index contributed by atoms with van der Waals surface area (Å²) in [5.41, 5.74) is 1.32. The largest absolute Gasteiger partial charge is 0.444 e. The lowest BCUT2D eigenvalue weighted by molar-refractivity contribution is 0.0636. The van der Waals surface area contributed by atoms with Crippen molar-refractivity contribution in [1.82, 2.24) is 20.8 Å². The number of halogens is 1. The summed E-state index contributed by atoms with van der Waals surface area (Å²) in [5, 5.41) is 13.0. The molecule has 2 rings (SSSR count). The molecule has 0 unspecified atom stereocenters. The van der Waals surface area contributed by atoms with Crippen molar-refractivity contribution in [2.24, 2.45) is 4.99 Å². The van der Waals surface area contributed by atoms with E-state index in [1.165, 1.54) is 0 Å². The molecule has 9 nitrogen and oxygen atoms in total. The van der Waals surface area contributed by atoms with Crippen molar-refractivity contribution >= 4 is 41.7 Å². The van der Waals surface area contributed by atoms with Crippen LogP contribution in [0.3, 0.4) is 0 Å². The Labute approximate surface area is 194 Å². The Kier molecular flexibility index (Phi) is 10.6. The molecule has 0 aliphatic rings. The molecular weight excluding hydrogens is 499 g/mol. The summed E-state index contributed by atoms with van der Waals surface area (Å²) < 4.78 is 10.3. The number of nitrogens with one attached hydrogen (secondary N) is 3. The number of amides is 1. The van der Waals surface area contributed by atoms with E-state index in [2.05, 4.69) is 31.1 Å². The van der Waals surface area contributed by atoms with Crippen LogP contribution in [-0.2, 0) is 17.6 Å². The van der Waals surface area contributed by atoms with Crippen molar-refractivity contribution in [2.45, 2.75) is 46.1 Å². The van der Waals surface area contributed by atoms with E-state index < -0.39 is 11.7 Å². The summed E-state index contributed by atoms with van der Waals surface area (Å²) in [6.07, 6.45) is 0.988. The summed E-state index contributed by atoms with van der Waals surface area (Å²) in [6, 6.07) is 7.67. The standard InChI is InChI=1S/C20H30N6O3.HI/c1-14-24-17(29-26-14)11-13-23-18(21-5)22-12-10-15-6-8-16(9-7-15)25-19(27)28-20(2,3)4;/h6-9H,10-13H2,1-5H3,(H,25,27)(H2,21,22,23);1H. The molecule has 3 N–H and O–H groups in total. The van der Waals surface area contributed by atoms with Gasteiger partial charge < -0.3 is 19.9 Å². The Hall–Kier alpha value is -2.37. The van der Waals surface area contributed by atoms with Crippen LogP contribution in [0.1, 0.15) is 38.0 Å². The highest BCUT2D eigenvalue weighted by Crippen LogP contribution is 2.13. The number of anilines is 1. The fourth-order valence-electron chi connectivity index (χ4n) is 2.45. The van der Waals surface area contributed by atoms with Crippen molar-refractivity contribution < 1.29 is 14.1 Å². The van der Waals surface area contributed by atoms with Gasteiger partial charge in [-0.05, 0) is 51.8 Å². The quantitative estimate of drug-likeness (QED) is 0.286. The van der Waals surface area contributed by atoms with Crippen LogP contribution in [-0.4, -0.2) is 47.9 Å². The summed E-state index contributed by atoms with van der Waals surface area (Å²) in [4.78, 5) is 20.2. The van der Waals surface area contributed by atoms with Gasteiger partial charge in [-0.2, -0.15) is 4.98 Å². The number of carbonyl (C=O) groups is 1. The van der Waals surface area contributed by atoms with Gasteiger partial charge in [0.15, 0.2) is 11.8 Å². The number of guanidine groups is 1. The van der Waals surface area contributed by atoms with Crippen molar-refractivity contribution in [3.63, 3.8) is 0 Å². The highest BCUT2D eigenvalue weighted by molar-refractivity contribution is 14.0. The normalized spacial score (nSPS) is 11.4. The van der Waals surface area contributed by atoms with E-state index in [0.29, 0.717) is 36.3 Å². The van der Waals surface area contributed by atoms with Crippen molar-refractivity contribution in [1.29, 1.82) is 0 Å². The Morgan fingerprint density at radius 2 is 1.77 bits per heavy atom. The molecule has 0 radical (unpaired) electrons. The lowest BCUT2D eigenvalue weighted by atomic mass is 10.1. The molecule has 0 atom stereocenters. The van der Waals surface area contributed by atoms with Crippen molar-refractivity contribution in [2.75, 3.05) is 25.5 Å². The summed E-state index contributed by atoms with van der Waals surface area (Å²) in [7, 11) is 1.73. The molecule has 30 heavy (non-hydrogen) atoms. The number of nitrogens with zero attached hydrogens (tertiary/aromatic N) is 3. The minimum absolute atomic E-state index is 0. The Morgan fingerprint density at radius 3 is 2.30 bits per heavy atom. The van der Waals surface area contributed by atoms with Crippen LogP contribution in [0.5, 0.6) is 0 Å². The van der Waals surface area contributed by atoms with E-state index in [1.807, 2.05) is 45.0 Å². The van der Waals surface area contributed by atoms with Gasteiger partial charge in [-0.3, -0.25) is 10.3 Å². The zero-order valence-corrected chi connectivity index (χ0v) is 20.4. The maximum absolute atomic E-state index is 11.8. The second kappa shape index (κ2) is 12.4. The molecule has 0 aliphatic carbocycles. The fourth-order valence-corrected chi connectivity index (χ4v) is 2.45. The highest BCUT2D eigenvalue weighted by atomic mass is 127. The topological polar surface area (TPSA) is 114 Å². The van der Waals surface area contributed by atoms with Gasteiger partial charge in [-0.15, -0.1) is 24.0 Å². The average Bonchev–Trinajstić information content (AvgIpc) is 3.05. The van der Waals surface area contributed by atoms with Gasteiger partial charge in [0.1, 0.15) is 5.60 Å². The second-order valence-electron chi connectivity index (χ2n) is 7.48. The van der Waals surface area contributed by atoms with E-state index in [9.17, 15) is 4.79 Å². The monoisotopic (exact) mass is 530 g/mol. The number of hydrogen-bond acceptors (Lipinski definition) is 6. The summed E-state index contributed by atoms with van der Waals surface area (Å²) >= 11 is 0. The minimum atomic E-state index is -0.521. The highest BCUT2D eigenvalue weighted by Gasteiger charge is 2.16. The molecule has 1 aromatic heterocycles. The first-order valence-corrected chi connectivity index (χ1v) is 9.58. The van der Waals surface area contributed by atoms with E-state index in [0.717, 1.165) is 18.5 Å². The molecule has 0 fully saturated rings. The smallest absolute Gasteiger partial charge is 0.412 e. The average molecular weight is 530 g/mol. The third-order valence-corrected chi connectivity index (χ3v) is 3.73. The Bertz CT molecular complexity index is 815. The van der Waals surface area contributed by atoms with Gasteiger partial charge in [0.2, 0.25) is 5.89 Å². The Balaban J connectivity index is 0.00000450. The predicted molar refractivity (Wildman–Crippen MR) is 128 cm³/mol. The molecule has 166 valence electrons. The molecule has 0 saturated carbocycles. The maximum Gasteiger partial charge on any atom is 0.412 e. The number of aromatic nitrogens is 2. The SMILES string of the molecule is CN=C(NCCc1ccc(NC(=O)OC(C)(C)C)cc1)NCCc1nc(C)no1.I. The molecular formula is C20H31IN6O3. The van der Waals surface area contributed by atoms with Crippen LogP contribution >= 0.6 is 24.0 Å². The van der Waals surface area contributed by atoms with Gasteiger partial charge in [-0.25, -0.2) is 4.79 Å². The zero-order chi connectivity index (χ0) is 21.3. The maximum atomic E-state index is 11.8. The van der Waals surface area contributed by atoms with E-state index in [4.69, 9.17) is 9.26 Å². The first-order chi connectivity index (χ1) is 13.7. The summed E-state index contributed by atoms with van der Waals surface area (Å²) in [5.74, 6) is 1.95. The van der Waals surface area contributed by atoms with Gasteiger partial charge in [-0.1, -0.05) is 17.3 Å². The number of aryl methyl sites for hydroxylation is 1. The van der Waals surface area contributed by atoms with Gasteiger partial charge in [0, 0.05) is 32.2 Å². The first-order valence-electron chi connectivity index (χ1n) is 9.58. The lowest BCUT2D eigenvalue weighted by Crippen LogP contribution is -2.39. The van der Waals surface area contributed by atoms with Crippen LogP contribution in [0.25, 0.3) is 0 Å². The summed E-state index contributed by atoms with van der Waals surface area (Å²) in [6.45, 7) is 8.65. The number of hydrogen-bond donors (Lipinski definition) is 3. The van der Waals surface area contributed by atoms with Crippen LogP contribution in [0.4, 0.5) is 10.5 Å². The number of carbonyl (C=O) groups excluding carboxylic acids is 1. The van der Waals surface area contributed by atoms with E-state index >= 15 is 0 Å². The molecule has 1 aromatic carbocycles. The lowest BCUT2D eigenvalue weighted by Gasteiger charge is -2.19. The molecule has 0 aliphatic heterocycles. The molecule has 0 saturated heterocycles. The number of benzene rings is 1. The molecule has 1 heterocycles. The van der Waals surface area contributed by atoms with Gasteiger partial charge in [0.05, 0.1) is 0 Å². The minimum Gasteiger partial charge on any atom is -0.444 e.